The fourth-order valence-electron chi connectivity index (χ4n) is 3.49. The van der Waals surface area contributed by atoms with Gasteiger partial charge in [0.1, 0.15) is 0 Å². The van der Waals surface area contributed by atoms with Gasteiger partial charge >= 0.3 is 5.97 Å². The lowest BCUT2D eigenvalue weighted by Gasteiger charge is -2.31. The first-order valence-corrected chi connectivity index (χ1v) is 11.5. The monoisotopic (exact) mass is 410 g/mol. The Balaban J connectivity index is 1.94. The van der Waals surface area contributed by atoms with E-state index in [4.69, 9.17) is 9.47 Å². The average Bonchev–Trinajstić information content (AvgIpc) is 2.72. The quantitative estimate of drug-likeness (QED) is 0.671. The Labute approximate surface area is 167 Å². The van der Waals surface area contributed by atoms with Crippen molar-refractivity contribution in [1.29, 1.82) is 0 Å². The first-order chi connectivity index (χ1) is 13.4. The number of sulfonamides is 1. The summed E-state index contributed by atoms with van der Waals surface area (Å²) in [5.41, 5.74) is 1.01. The summed E-state index contributed by atoms with van der Waals surface area (Å²) < 4.78 is 38.5. The molecule has 2 saturated heterocycles. The van der Waals surface area contributed by atoms with E-state index in [1.165, 1.54) is 10.4 Å². The third-order valence-corrected chi connectivity index (χ3v) is 6.93. The van der Waals surface area contributed by atoms with Gasteiger partial charge in [-0.25, -0.2) is 13.2 Å². The van der Waals surface area contributed by atoms with Crippen molar-refractivity contribution in [3.8, 4) is 0 Å². The van der Waals surface area contributed by atoms with Crippen LogP contribution in [0.3, 0.4) is 0 Å². The lowest BCUT2D eigenvalue weighted by molar-refractivity contribution is 0.0458. The molecule has 2 heterocycles. The Morgan fingerprint density at radius 2 is 1.79 bits per heavy atom. The number of esters is 1. The molecule has 0 bridgehead atoms. The minimum Gasteiger partial charge on any atom is -0.462 e. The number of carbonyl (C=O) groups is 1. The molecule has 0 spiro atoms. The summed E-state index contributed by atoms with van der Waals surface area (Å²) >= 11 is 0. The van der Waals surface area contributed by atoms with Gasteiger partial charge in [-0.1, -0.05) is 20.3 Å². The molecule has 0 aromatic heterocycles. The van der Waals surface area contributed by atoms with Gasteiger partial charge in [0.25, 0.3) is 0 Å². The molecule has 2 aliphatic rings. The van der Waals surface area contributed by atoms with E-state index in [2.05, 4.69) is 0 Å². The SMILES string of the molecule is CC(C)COC(=O)c1cc(S(=O)(=O)N2CCCCC2)ccc1N1CCOCC1. The van der Waals surface area contributed by atoms with Crippen molar-refractivity contribution in [1.82, 2.24) is 4.31 Å². The van der Waals surface area contributed by atoms with Crippen molar-refractivity contribution in [3.63, 3.8) is 0 Å². The Morgan fingerprint density at radius 1 is 1.11 bits per heavy atom. The number of rotatable bonds is 6. The minimum atomic E-state index is -3.61. The molecule has 0 amide bonds. The zero-order valence-electron chi connectivity index (χ0n) is 16.7. The fourth-order valence-corrected chi connectivity index (χ4v) is 5.04. The van der Waals surface area contributed by atoms with Gasteiger partial charge < -0.3 is 14.4 Å². The van der Waals surface area contributed by atoms with E-state index in [1.54, 1.807) is 12.1 Å². The largest absolute Gasteiger partial charge is 0.462 e. The van der Waals surface area contributed by atoms with Crippen LogP contribution in [0.25, 0.3) is 0 Å². The maximum atomic E-state index is 13.1. The Bertz CT molecular complexity index is 782. The lowest BCUT2D eigenvalue weighted by atomic mass is 10.1. The number of hydrogen-bond acceptors (Lipinski definition) is 6. The van der Waals surface area contributed by atoms with E-state index < -0.39 is 16.0 Å². The van der Waals surface area contributed by atoms with Gasteiger partial charge in [0.05, 0.1) is 36.0 Å². The average molecular weight is 411 g/mol. The second-order valence-electron chi connectivity index (χ2n) is 7.74. The van der Waals surface area contributed by atoms with Crippen molar-refractivity contribution >= 4 is 21.7 Å². The van der Waals surface area contributed by atoms with Crippen LogP contribution in [0.2, 0.25) is 0 Å². The van der Waals surface area contributed by atoms with Crippen molar-refractivity contribution < 1.29 is 22.7 Å². The molecule has 0 aliphatic carbocycles. The van der Waals surface area contributed by atoms with Gasteiger partial charge in [0.15, 0.2) is 0 Å². The van der Waals surface area contributed by atoms with Crippen LogP contribution in [0.15, 0.2) is 23.1 Å². The summed E-state index contributed by atoms with van der Waals surface area (Å²) in [4.78, 5) is 15.0. The molecule has 0 radical (unpaired) electrons. The van der Waals surface area contributed by atoms with Gasteiger partial charge in [-0.15, -0.1) is 0 Å². The van der Waals surface area contributed by atoms with Crippen LogP contribution in [0, 0.1) is 5.92 Å². The topological polar surface area (TPSA) is 76.2 Å². The molecular formula is C20H30N2O5S. The van der Waals surface area contributed by atoms with Crippen LogP contribution in [-0.2, 0) is 19.5 Å². The Kier molecular flexibility index (Phi) is 6.95. The van der Waals surface area contributed by atoms with Crippen molar-refractivity contribution in [3.05, 3.63) is 23.8 Å². The summed E-state index contributed by atoms with van der Waals surface area (Å²) in [5, 5.41) is 0. The third kappa shape index (κ3) is 4.85. The zero-order valence-corrected chi connectivity index (χ0v) is 17.5. The lowest BCUT2D eigenvalue weighted by Crippen LogP contribution is -2.38. The van der Waals surface area contributed by atoms with Crippen LogP contribution >= 0.6 is 0 Å². The number of morpholine rings is 1. The Hall–Kier alpha value is -1.64. The maximum Gasteiger partial charge on any atom is 0.340 e. The number of hydrogen-bond donors (Lipinski definition) is 0. The first-order valence-electron chi connectivity index (χ1n) is 10.0. The molecule has 156 valence electrons. The first kappa shape index (κ1) is 21.1. The third-order valence-electron chi connectivity index (χ3n) is 5.04. The number of anilines is 1. The van der Waals surface area contributed by atoms with Crippen LogP contribution in [0.4, 0.5) is 5.69 Å². The molecule has 2 fully saturated rings. The van der Waals surface area contributed by atoms with Crippen molar-refractivity contribution in [2.45, 2.75) is 38.0 Å². The minimum absolute atomic E-state index is 0.155. The zero-order chi connectivity index (χ0) is 20.1. The fraction of sp³-hybridized carbons (Fsp3) is 0.650. The van der Waals surface area contributed by atoms with Crippen LogP contribution in [-0.4, -0.2) is 64.7 Å². The molecule has 8 heteroatoms. The molecule has 0 unspecified atom stereocenters. The molecule has 0 N–H and O–H groups in total. The number of carbonyl (C=O) groups excluding carboxylic acids is 1. The van der Waals surface area contributed by atoms with Crippen molar-refractivity contribution in [2.75, 3.05) is 50.9 Å². The highest BCUT2D eigenvalue weighted by Crippen LogP contribution is 2.28. The number of nitrogens with zero attached hydrogens (tertiary/aromatic N) is 2. The second kappa shape index (κ2) is 9.24. The van der Waals surface area contributed by atoms with Crippen LogP contribution in [0.1, 0.15) is 43.5 Å². The van der Waals surface area contributed by atoms with Crippen molar-refractivity contribution in [2.24, 2.45) is 5.92 Å². The summed E-state index contributed by atoms with van der Waals surface area (Å²) in [6, 6.07) is 4.82. The van der Waals surface area contributed by atoms with E-state index in [1.807, 2.05) is 18.7 Å². The maximum absolute atomic E-state index is 13.1. The number of piperidine rings is 1. The van der Waals surface area contributed by atoms with E-state index in [0.717, 1.165) is 19.3 Å². The molecule has 0 atom stereocenters. The van der Waals surface area contributed by atoms with E-state index in [9.17, 15) is 13.2 Å². The number of ether oxygens (including phenoxy) is 2. The summed E-state index contributed by atoms with van der Waals surface area (Å²) in [6.07, 6.45) is 2.79. The summed E-state index contributed by atoms with van der Waals surface area (Å²) in [7, 11) is -3.61. The van der Waals surface area contributed by atoms with Gasteiger partial charge in [-0.3, -0.25) is 0 Å². The van der Waals surface area contributed by atoms with E-state index in [0.29, 0.717) is 57.3 Å². The molecule has 1 aromatic rings. The molecule has 0 saturated carbocycles. The Morgan fingerprint density at radius 3 is 2.43 bits per heavy atom. The predicted octanol–water partition coefficient (Wildman–Crippen LogP) is 2.51. The highest BCUT2D eigenvalue weighted by molar-refractivity contribution is 7.89. The van der Waals surface area contributed by atoms with Crippen LogP contribution in [0.5, 0.6) is 0 Å². The summed E-state index contributed by atoms with van der Waals surface area (Å²) in [6.45, 7) is 7.75. The van der Waals surface area contributed by atoms with Gasteiger partial charge in [0, 0.05) is 26.2 Å². The molecule has 28 heavy (non-hydrogen) atoms. The molecule has 7 nitrogen and oxygen atoms in total. The van der Waals surface area contributed by atoms with E-state index >= 15 is 0 Å². The van der Waals surface area contributed by atoms with E-state index in [-0.39, 0.29) is 10.8 Å². The molecule has 2 aliphatic heterocycles. The predicted molar refractivity (Wildman–Crippen MR) is 107 cm³/mol. The standard InChI is InChI=1S/C20H30N2O5S/c1-16(2)15-27-20(23)18-14-17(28(24,25)22-8-4-3-5-9-22)6-7-19(18)21-10-12-26-13-11-21/h6-7,14,16H,3-5,8-13,15H2,1-2H3. The smallest absolute Gasteiger partial charge is 0.340 e. The summed E-state index contributed by atoms with van der Waals surface area (Å²) in [5.74, 6) is -0.276. The highest BCUT2D eigenvalue weighted by atomic mass is 32.2. The second-order valence-corrected chi connectivity index (χ2v) is 9.67. The highest BCUT2D eigenvalue weighted by Gasteiger charge is 2.29. The molecular weight excluding hydrogens is 380 g/mol. The normalized spacial score (nSPS) is 19.0. The van der Waals surface area contributed by atoms with Gasteiger partial charge in [0.2, 0.25) is 10.0 Å². The molecule has 3 rings (SSSR count). The molecule has 1 aromatic carbocycles. The van der Waals surface area contributed by atoms with Gasteiger partial charge in [-0.05, 0) is 37.0 Å². The van der Waals surface area contributed by atoms with Crippen LogP contribution < -0.4 is 4.90 Å². The number of benzene rings is 1. The van der Waals surface area contributed by atoms with Gasteiger partial charge in [-0.2, -0.15) is 4.31 Å².